The Morgan fingerprint density at radius 2 is 1.77 bits per heavy atom. The molecule has 0 aromatic heterocycles. The molecule has 5 fully saturated rings. The van der Waals surface area contributed by atoms with Crippen molar-refractivity contribution in [1.82, 2.24) is 37.0 Å². The van der Waals surface area contributed by atoms with E-state index in [-0.39, 0.29) is 52.9 Å². The van der Waals surface area contributed by atoms with Crippen LogP contribution in [0.4, 0.5) is 17.6 Å². The number of likely N-dealkylation sites (tertiary alicyclic amines) is 1. The normalized spacial score (nSPS) is 42.3. The maximum atomic E-state index is 13.5. The Labute approximate surface area is 236 Å². The summed E-state index contributed by atoms with van der Waals surface area (Å²) in [4.78, 5) is 28.3. The second kappa shape index (κ2) is 13.0. The van der Waals surface area contributed by atoms with Crippen molar-refractivity contribution >= 4 is 23.6 Å². The summed E-state index contributed by atoms with van der Waals surface area (Å²) in [5, 5.41) is 12.8. The van der Waals surface area contributed by atoms with Crippen molar-refractivity contribution in [2.24, 2.45) is 17.8 Å². The van der Waals surface area contributed by atoms with Crippen molar-refractivity contribution < 1.29 is 31.9 Å². The van der Waals surface area contributed by atoms with Crippen molar-refractivity contribution in [2.45, 2.75) is 99.1 Å². The summed E-state index contributed by atoms with van der Waals surface area (Å²) in [6.07, 6.45) is -3.14. The highest BCUT2D eigenvalue weighted by molar-refractivity contribution is 8.00. The number of halogens is 4. The van der Waals surface area contributed by atoms with Gasteiger partial charge in [-0.3, -0.25) is 20.2 Å². The lowest BCUT2D eigenvalue weighted by molar-refractivity contribution is -0.134. The van der Waals surface area contributed by atoms with Crippen LogP contribution in [0.1, 0.15) is 39.0 Å². The number of amides is 2. The monoisotopic (exact) mass is 595 g/mol. The molecule has 5 aliphatic heterocycles. The number of piperidine rings is 2. The third kappa shape index (κ3) is 6.55. The lowest BCUT2D eigenvalue weighted by Gasteiger charge is -2.46. The molecule has 5 rings (SSSR count). The van der Waals surface area contributed by atoms with Crippen LogP contribution in [-0.2, 0) is 14.3 Å². The minimum absolute atomic E-state index is 0.0210. The Kier molecular flexibility index (Phi) is 9.80. The van der Waals surface area contributed by atoms with E-state index >= 15 is 0 Å². The first-order valence-corrected chi connectivity index (χ1v) is 15.2. The highest BCUT2D eigenvalue weighted by Gasteiger charge is 2.48. The van der Waals surface area contributed by atoms with Crippen LogP contribution in [-0.4, -0.2) is 103 Å². The van der Waals surface area contributed by atoms with E-state index in [2.05, 4.69) is 32.1 Å². The fourth-order valence-electron chi connectivity index (χ4n) is 7.02. The molecule has 40 heavy (non-hydrogen) atoms. The van der Waals surface area contributed by atoms with Gasteiger partial charge in [-0.2, -0.15) is 0 Å². The van der Waals surface area contributed by atoms with Crippen molar-refractivity contribution in [3.8, 4) is 0 Å². The Morgan fingerprint density at radius 3 is 2.48 bits per heavy atom. The molecule has 0 aromatic carbocycles. The molecule has 0 radical (unpaired) electrons. The van der Waals surface area contributed by atoms with Gasteiger partial charge in [-0.15, -0.1) is 11.8 Å². The van der Waals surface area contributed by atoms with Crippen molar-refractivity contribution in [1.29, 1.82) is 0 Å². The van der Waals surface area contributed by atoms with E-state index in [0.29, 0.717) is 45.3 Å². The van der Waals surface area contributed by atoms with E-state index in [9.17, 15) is 27.2 Å². The second-order valence-corrected chi connectivity index (χ2v) is 13.1. The van der Waals surface area contributed by atoms with Crippen molar-refractivity contribution in [3.05, 3.63) is 0 Å². The molecule has 0 aromatic rings. The number of hydrazine groups is 1. The molecule has 5 heterocycles. The largest absolute Gasteiger partial charge is 0.365 e. The summed E-state index contributed by atoms with van der Waals surface area (Å²) in [5.41, 5.74) is 5.18. The van der Waals surface area contributed by atoms with E-state index in [1.807, 2.05) is 6.92 Å². The fourth-order valence-corrected chi connectivity index (χ4v) is 8.43. The highest BCUT2D eigenvalue weighted by Crippen LogP contribution is 2.38. The molecule has 0 bridgehead atoms. The van der Waals surface area contributed by atoms with Gasteiger partial charge >= 0.3 is 0 Å². The Bertz CT molecular complexity index is 896. The van der Waals surface area contributed by atoms with E-state index in [1.165, 1.54) is 7.11 Å². The molecule has 2 amide bonds. The predicted octanol–water partition coefficient (Wildman–Crippen LogP) is 0.412. The summed E-state index contributed by atoms with van der Waals surface area (Å²) >= 11 is 1.55. The van der Waals surface area contributed by atoms with Gasteiger partial charge in [0.05, 0.1) is 24.0 Å². The second-order valence-electron chi connectivity index (χ2n) is 11.8. The molecule has 0 saturated carbocycles. The van der Waals surface area contributed by atoms with Gasteiger partial charge in [0.2, 0.25) is 11.8 Å². The zero-order valence-electron chi connectivity index (χ0n) is 22.8. The minimum atomic E-state index is -2.54. The molecule has 0 aliphatic carbocycles. The number of rotatable bonds is 7. The van der Waals surface area contributed by atoms with Crippen LogP contribution in [0.2, 0.25) is 0 Å². The number of fused-ring (bicyclic) bond motifs is 1. The van der Waals surface area contributed by atoms with Crippen LogP contribution in [0.15, 0.2) is 0 Å². The third-order valence-electron chi connectivity index (χ3n) is 9.15. The first-order valence-electron chi connectivity index (χ1n) is 14.2. The number of carbonyl (C=O) groups excluding carboxylic acids is 2. The number of alkyl halides is 4. The number of nitrogens with one attached hydrogen (secondary N) is 6. The zero-order chi connectivity index (χ0) is 28.6. The number of methoxy groups -OCH3 is 1. The molecule has 11 unspecified atom stereocenters. The van der Waals surface area contributed by atoms with Crippen LogP contribution >= 0.6 is 11.8 Å². The maximum Gasteiger partial charge on any atom is 0.255 e. The number of carbonyl (C=O) groups is 2. The van der Waals surface area contributed by atoms with Gasteiger partial charge in [0.1, 0.15) is 11.7 Å². The van der Waals surface area contributed by atoms with Gasteiger partial charge in [-0.25, -0.2) is 28.4 Å². The highest BCUT2D eigenvalue weighted by atomic mass is 32.2. The molecule has 5 saturated heterocycles. The third-order valence-corrected chi connectivity index (χ3v) is 10.5. The average molecular weight is 596 g/mol. The first-order chi connectivity index (χ1) is 19.1. The van der Waals surface area contributed by atoms with Crippen LogP contribution in [0, 0.1) is 17.8 Å². The standard InChI is InChI=1S/C25H41F4N7O3S/c1-11-6-12(13-7-17(21(28)29)34-35-23(13)39-2)14(8-30-11)22(37)33-25-32-18-9-36(10-19(18)40-25)24(38)16-5-3-4-15(31-16)20(26)27/h11-21,23,25,30-32,34-35H,3-10H2,1-2H3,(H,33,37). The van der Waals surface area contributed by atoms with Crippen LogP contribution in [0.3, 0.4) is 0 Å². The van der Waals surface area contributed by atoms with E-state index in [4.69, 9.17) is 4.74 Å². The first kappa shape index (κ1) is 30.2. The number of ether oxygens (including phenoxy) is 1. The summed E-state index contributed by atoms with van der Waals surface area (Å²) in [7, 11) is 1.53. The lowest BCUT2D eigenvalue weighted by Crippen LogP contribution is -2.63. The maximum absolute atomic E-state index is 13.5. The number of hydrogen-bond acceptors (Lipinski definition) is 9. The molecule has 10 nitrogen and oxygen atoms in total. The Hall–Kier alpha value is -1.23. The average Bonchev–Trinajstić information content (AvgIpc) is 3.51. The zero-order valence-corrected chi connectivity index (χ0v) is 23.6. The van der Waals surface area contributed by atoms with Gasteiger partial charge in [-0.1, -0.05) is 0 Å². The van der Waals surface area contributed by atoms with E-state index in [1.54, 1.807) is 16.7 Å². The van der Waals surface area contributed by atoms with Gasteiger partial charge in [0.15, 0.2) is 0 Å². The SMILES string of the molecule is COC1NNC(C(F)F)CC1C1CC(C)NCC1C(=O)NC1NC2CN(C(=O)C3CCCC(C(F)F)N3)CC2S1. The topological polar surface area (TPSA) is 119 Å². The summed E-state index contributed by atoms with van der Waals surface area (Å²) in [5.74, 6) is -1.13. The smallest absolute Gasteiger partial charge is 0.255 e. The number of thioether (sulfide) groups is 1. The minimum Gasteiger partial charge on any atom is -0.365 e. The van der Waals surface area contributed by atoms with Gasteiger partial charge < -0.3 is 20.3 Å². The quantitative estimate of drug-likeness (QED) is 0.233. The van der Waals surface area contributed by atoms with Gasteiger partial charge in [-0.05, 0) is 44.9 Å². The summed E-state index contributed by atoms with van der Waals surface area (Å²) in [6.45, 7) is 3.41. The Balaban J connectivity index is 1.16. The molecule has 0 spiro atoms. The van der Waals surface area contributed by atoms with Crippen LogP contribution in [0.5, 0.6) is 0 Å². The summed E-state index contributed by atoms with van der Waals surface area (Å²) < 4.78 is 58.9. The van der Waals surface area contributed by atoms with Crippen molar-refractivity contribution in [3.63, 3.8) is 0 Å². The van der Waals surface area contributed by atoms with Crippen LogP contribution < -0.4 is 32.1 Å². The van der Waals surface area contributed by atoms with Crippen LogP contribution in [0.25, 0.3) is 0 Å². The molecule has 5 aliphatic rings. The number of nitrogens with zero attached hydrogens (tertiary/aromatic N) is 1. The molecule has 11 atom stereocenters. The molecule has 6 N–H and O–H groups in total. The van der Waals surface area contributed by atoms with Gasteiger partial charge in [0.25, 0.3) is 12.9 Å². The predicted molar refractivity (Wildman–Crippen MR) is 141 cm³/mol. The summed E-state index contributed by atoms with van der Waals surface area (Å²) in [6, 6.07) is -2.43. The van der Waals surface area contributed by atoms with E-state index < -0.39 is 43.1 Å². The molecular weight excluding hydrogens is 554 g/mol. The Morgan fingerprint density at radius 1 is 1.00 bits per heavy atom. The molecular formula is C25H41F4N7O3S. The number of hydrogen-bond donors (Lipinski definition) is 6. The van der Waals surface area contributed by atoms with Crippen molar-refractivity contribution in [2.75, 3.05) is 26.7 Å². The fraction of sp³-hybridized carbons (Fsp3) is 0.920. The lowest BCUT2D eigenvalue weighted by atomic mass is 9.71. The molecule has 228 valence electrons. The van der Waals surface area contributed by atoms with Gasteiger partial charge in [0, 0.05) is 50.0 Å². The molecule has 15 heteroatoms. The van der Waals surface area contributed by atoms with E-state index in [0.717, 1.165) is 0 Å².